The molecule has 0 radical (unpaired) electrons. The molecular formula is C13H20N2O2. The second-order valence-corrected chi connectivity index (χ2v) is 3.88. The van der Waals surface area contributed by atoms with Crippen LogP contribution in [0.5, 0.6) is 0 Å². The molecule has 0 aliphatic carbocycles. The van der Waals surface area contributed by atoms with Crippen LogP contribution in [0, 0.1) is 6.92 Å². The average molecular weight is 236 g/mol. The minimum absolute atomic E-state index is 0.0266. The molecule has 0 saturated carbocycles. The van der Waals surface area contributed by atoms with E-state index in [1.165, 1.54) is 0 Å². The van der Waals surface area contributed by atoms with E-state index in [0.29, 0.717) is 13.2 Å². The van der Waals surface area contributed by atoms with E-state index in [4.69, 9.17) is 4.74 Å². The second kappa shape index (κ2) is 6.91. The molecule has 0 spiro atoms. The van der Waals surface area contributed by atoms with Crippen molar-refractivity contribution in [1.29, 1.82) is 0 Å². The first kappa shape index (κ1) is 13.5. The van der Waals surface area contributed by atoms with Crippen LogP contribution in [0.3, 0.4) is 0 Å². The van der Waals surface area contributed by atoms with Crippen LogP contribution in [0.15, 0.2) is 18.2 Å². The Hall–Kier alpha value is -1.55. The van der Waals surface area contributed by atoms with Gasteiger partial charge in [-0.05, 0) is 37.1 Å². The fourth-order valence-corrected chi connectivity index (χ4v) is 1.59. The van der Waals surface area contributed by atoms with Gasteiger partial charge in [0.15, 0.2) is 0 Å². The van der Waals surface area contributed by atoms with E-state index >= 15 is 0 Å². The lowest BCUT2D eigenvalue weighted by Gasteiger charge is -2.09. The van der Waals surface area contributed by atoms with E-state index in [1.54, 1.807) is 7.11 Å². The standard InChI is InChI=1S/C13H20N2O2/c1-10-9-11(14-2)5-6-12(10)13(16)15-7-4-8-17-3/h5-6,9,14H,4,7-8H2,1-3H3,(H,15,16). The summed E-state index contributed by atoms with van der Waals surface area (Å²) < 4.78 is 4.92. The van der Waals surface area contributed by atoms with Crippen LogP contribution in [0.25, 0.3) is 0 Å². The highest BCUT2D eigenvalue weighted by Crippen LogP contribution is 2.14. The summed E-state index contributed by atoms with van der Waals surface area (Å²) in [6.45, 7) is 3.24. The molecule has 0 unspecified atom stereocenters. The Labute approximate surface area is 102 Å². The fraction of sp³-hybridized carbons (Fsp3) is 0.462. The number of hydrogen-bond donors (Lipinski definition) is 2. The van der Waals surface area contributed by atoms with Crippen molar-refractivity contribution in [3.63, 3.8) is 0 Å². The van der Waals surface area contributed by atoms with Gasteiger partial charge in [-0.15, -0.1) is 0 Å². The second-order valence-electron chi connectivity index (χ2n) is 3.88. The Morgan fingerprint density at radius 3 is 2.76 bits per heavy atom. The molecule has 0 aromatic heterocycles. The van der Waals surface area contributed by atoms with Crippen molar-refractivity contribution in [1.82, 2.24) is 5.32 Å². The maximum atomic E-state index is 11.9. The van der Waals surface area contributed by atoms with Crippen molar-refractivity contribution in [2.75, 3.05) is 32.6 Å². The largest absolute Gasteiger partial charge is 0.388 e. The van der Waals surface area contributed by atoms with E-state index in [-0.39, 0.29) is 5.91 Å². The molecule has 94 valence electrons. The highest BCUT2D eigenvalue weighted by molar-refractivity contribution is 5.96. The molecule has 4 heteroatoms. The van der Waals surface area contributed by atoms with Crippen LogP contribution >= 0.6 is 0 Å². The maximum Gasteiger partial charge on any atom is 0.251 e. The molecule has 1 aromatic carbocycles. The van der Waals surface area contributed by atoms with Crippen LogP contribution in [0.1, 0.15) is 22.3 Å². The highest BCUT2D eigenvalue weighted by atomic mass is 16.5. The Balaban J connectivity index is 2.57. The molecule has 0 fully saturated rings. The van der Waals surface area contributed by atoms with E-state index < -0.39 is 0 Å². The number of methoxy groups -OCH3 is 1. The van der Waals surface area contributed by atoms with Gasteiger partial charge in [0.2, 0.25) is 0 Å². The van der Waals surface area contributed by atoms with Crippen LogP contribution in [0.4, 0.5) is 5.69 Å². The van der Waals surface area contributed by atoms with Crippen molar-refractivity contribution in [3.8, 4) is 0 Å². The van der Waals surface area contributed by atoms with Crippen molar-refractivity contribution < 1.29 is 9.53 Å². The third kappa shape index (κ3) is 4.07. The predicted octanol–water partition coefficient (Wildman–Crippen LogP) is 1.80. The zero-order valence-electron chi connectivity index (χ0n) is 10.7. The smallest absolute Gasteiger partial charge is 0.251 e. The van der Waals surface area contributed by atoms with Gasteiger partial charge in [0, 0.05) is 38.6 Å². The summed E-state index contributed by atoms with van der Waals surface area (Å²) in [5.74, 6) is -0.0266. The minimum atomic E-state index is -0.0266. The summed E-state index contributed by atoms with van der Waals surface area (Å²) in [4.78, 5) is 11.9. The molecule has 4 nitrogen and oxygen atoms in total. The van der Waals surface area contributed by atoms with Gasteiger partial charge in [0.1, 0.15) is 0 Å². The molecule has 0 aliphatic rings. The average Bonchev–Trinajstić information content (AvgIpc) is 2.34. The number of aryl methyl sites for hydroxylation is 1. The molecule has 1 rings (SSSR count). The number of nitrogens with one attached hydrogen (secondary N) is 2. The number of benzene rings is 1. The third-order valence-electron chi connectivity index (χ3n) is 2.57. The summed E-state index contributed by atoms with van der Waals surface area (Å²) in [6, 6.07) is 5.70. The first-order valence-corrected chi connectivity index (χ1v) is 5.74. The summed E-state index contributed by atoms with van der Waals surface area (Å²) in [6.07, 6.45) is 0.829. The van der Waals surface area contributed by atoms with Gasteiger partial charge in [-0.1, -0.05) is 0 Å². The van der Waals surface area contributed by atoms with Gasteiger partial charge in [0.25, 0.3) is 5.91 Å². The lowest BCUT2D eigenvalue weighted by molar-refractivity contribution is 0.0948. The Kier molecular flexibility index (Phi) is 5.49. The van der Waals surface area contributed by atoms with Gasteiger partial charge in [-0.3, -0.25) is 4.79 Å². The van der Waals surface area contributed by atoms with Crippen molar-refractivity contribution in [2.24, 2.45) is 0 Å². The van der Waals surface area contributed by atoms with Crippen molar-refractivity contribution in [3.05, 3.63) is 29.3 Å². The fourth-order valence-electron chi connectivity index (χ4n) is 1.59. The molecule has 0 heterocycles. The predicted molar refractivity (Wildman–Crippen MR) is 69.6 cm³/mol. The quantitative estimate of drug-likeness (QED) is 0.741. The van der Waals surface area contributed by atoms with Crippen LogP contribution in [0.2, 0.25) is 0 Å². The Morgan fingerprint density at radius 2 is 2.18 bits per heavy atom. The summed E-state index contributed by atoms with van der Waals surface area (Å²) in [7, 11) is 3.52. The van der Waals surface area contributed by atoms with Gasteiger partial charge in [-0.25, -0.2) is 0 Å². The molecule has 0 bridgehead atoms. The number of anilines is 1. The first-order chi connectivity index (χ1) is 8.19. The SMILES string of the molecule is CNc1ccc(C(=O)NCCCOC)c(C)c1. The van der Waals surface area contributed by atoms with E-state index in [2.05, 4.69) is 10.6 Å². The van der Waals surface area contributed by atoms with Gasteiger partial charge >= 0.3 is 0 Å². The number of carbonyl (C=O) groups is 1. The molecular weight excluding hydrogens is 216 g/mol. The van der Waals surface area contributed by atoms with Gasteiger partial charge in [0.05, 0.1) is 0 Å². The molecule has 0 atom stereocenters. The molecule has 17 heavy (non-hydrogen) atoms. The molecule has 2 N–H and O–H groups in total. The van der Waals surface area contributed by atoms with Gasteiger partial charge < -0.3 is 15.4 Å². The van der Waals surface area contributed by atoms with E-state index in [0.717, 1.165) is 23.2 Å². The number of rotatable bonds is 6. The topological polar surface area (TPSA) is 50.4 Å². The number of ether oxygens (including phenoxy) is 1. The van der Waals surface area contributed by atoms with Crippen molar-refractivity contribution >= 4 is 11.6 Å². The van der Waals surface area contributed by atoms with Crippen LogP contribution < -0.4 is 10.6 Å². The zero-order chi connectivity index (χ0) is 12.7. The minimum Gasteiger partial charge on any atom is -0.388 e. The van der Waals surface area contributed by atoms with Crippen molar-refractivity contribution in [2.45, 2.75) is 13.3 Å². The zero-order valence-corrected chi connectivity index (χ0v) is 10.7. The lowest BCUT2D eigenvalue weighted by Crippen LogP contribution is -2.25. The Morgan fingerprint density at radius 1 is 1.41 bits per heavy atom. The normalized spacial score (nSPS) is 10.1. The maximum absolute atomic E-state index is 11.9. The highest BCUT2D eigenvalue weighted by Gasteiger charge is 2.08. The number of hydrogen-bond acceptors (Lipinski definition) is 3. The third-order valence-corrected chi connectivity index (χ3v) is 2.57. The van der Waals surface area contributed by atoms with Crippen LogP contribution in [-0.2, 0) is 4.74 Å². The molecule has 0 aliphatic heterocycles. The molecule has 0 saturated heterocycles. The number of carbonyl (C=O) groups excluding carboxylic acids is 1. The summed E-state index contributed by atoms with van der Waals surface area (Å²) in [5, 5.41) is 5.92. The molecule has 1 amide bonds. The van der Waals surface area contributed by atoms with E-state index in [9.17, 15) is 4.79 Å². The molecule has 1 aromatic rings. The summed E-state index contributed by atoms with van der Waals surface area (Å²) in [5.41, 5.74) is 2.71. The first-order valence-electron chi connectivity index (χ1n) is 5.74. The summed E-state index contributed by atoms with van der Waals surface area (Å²) >= 11 is 0. The van der Waals surface area contributed by atoms with Gasteiger partial charge in [-0.2, -0.15) is 0 Å². The number of amides is 1. The van der Waals surface area contributed by atoms with E-state index in [1.807, 2.05) is 32.2 Å². The monoisotopic (exact) mass is 236 g/mol. The Bertz CT molecular complexity index is 378. The van der Waals surface area contributed by atoms with Crippen LogP contribution in [-0.4, -0.2) is 33.2 Å². The lowest BCUT2D eigenvalue weighted by atomic mass is 10.1.